The van der Waals surface area contributed by atoms with Crippen molar-refractivity contribution in [3.05, 3.63) is 24.3 Å². The predicted molar refractivity (Wildman–Crippen MR) is 59.0 cm³/mol. The van der Waals surface area contributed by atoms with E-state index < -0.39 is 11.2 Å². The van der Waals surface area contributed by atoms with Crippen LogP contribution in [-0.4, -0.2) is 23.1 Å². The molecule has 0 aromatic heterocycles. The fourth-order valence-corrected chi connectivity index (χ4v) is 3.23. The van der Waals surface area contributed by atoms with Gasteiger partial charge in [-0.25, -0.2) is 9.59 Å². The molecule has 2 atom stereocenters. The Balaban J connectivity index is 1.83. The quantitative estimate of drug-likeness (QED) is 0.472. The fourth-order valence-electron chi connectivity index (χ4n) is 3.23. The average molecular weight is 234 g/mol. The third-order valence-electron chi connectivity index (χ3n) is 3.95. The van der Waals surface area contributed by atoms with Gasteiger partial charge in [-0.3, -0.25) is 0 Å². The Labute approximate surface area is 99.3 Å². The van der Waals surface area contributed by atoms with Gasteiger partial charge in [0.2, 0.25) is 0 Å². The molecule has 17 heavy (non-hydrogen) atoms. The lowest BCUT2D eigenvalue weighted by atomic mass is 9.91. The van der Waals surface area contributed by atoms with Gasteiger partial charge in [0.05, 0.1) is 0 Å². The van der Waals surface area contributed by atoms with Crippen LogP contribution in [0.2, 0.25) is 0 Å². The summed E-state index contributed by atoms with van der Waals surface area (Å²) in [4.78, 5) is 22.8. The van der Waals surface area contributed by atoms with Crippen molar-refractivity contribution in [2.75, 3.05) is 0 Å². The Morgan fingerprint density at radius 3 is 1.59 bits per heavy atom. The monoisotopic (exact) mass is 234 g/mol. The standard InChI is InChI=1S/C13H14O4/c1-8-5-12(16-10(8)14)3-4-13(7-12)6-9(2)11(15)17-13/h1-7H2. The third-order valence-corrected chi connectivity index (χ3v) is 3.95. The van der Waals surface area contributed by atoms with E-state index in [-0.39, 0.29) is 11.9 Å². The molecule has 0 amide bonds. The van der Waals surface area contributed by atoms with Gasteiger partial charge in [-0.1, -0.05) is 13.2 Å². The van der Waals surface area contributed by atoms with E-state index >= 15 is 0 Å². The molecule has 2 unspecified atom stereocenters. The normalized spacial score (nSPS) is 40.5. The Morgan fingerprint density at radius 2 is 1.29 bits per heavy atom. The van der Waals surface area contributed by atoms with Crippen LogP contribution in [0.25, 0.3) is 0 Å². The summed E-state index contributed by atoms with van der Waals surface area (Å²) in [6.45, 7) is 7.40. The highest BCUT2D eigenvalue weighted by Crippen LogP contribution is 2.53. The SMILES string of the molecule is C=C1CC2(CCC3(CC(=C)C(=O)O3)C2)OC1=O. The van der Waals surface area contributed by atoms with Crippen LogP contribution in [0.15, 0.2) is 24.3 Å². The van der Waals surface area contributed by atoms with Gasteiger partial charge in [0.1, 0.15) is 11.2 Å². The van der Waals surface area contributed by atoms with E-state index in [9.17, 15) is 9.59 Å². The van der Waals surface area contributed by atoms with E-state index in [0.717, 1.165) is 12.8 Å². The van der Waals surface area contributed by atoms with Crippen LogP contribution in [0.1, 0.15) is 32.1 Å². The summed E-state index contributed by atoms with van der Waals surface area (Å²) in [6, 6.07) is 0. The summed E-state index contributed by atoms with van der Waals surface area (Å²) in [5.74, 6) is -0.629. The summed E-state index contributed by atoms with van der Waals surface area (Å²) in [7, 11) is 0. The van der Waals surface area contributed by atoms with Gasteiger partial charge in [0.25, 0.3) is 0 Å². The van der Waals surface area contributed by atoms with Crippen LogP contribution >= 0.6 is 0 Å². The maximum Gasteiger partial charge on any atom is 0.334 e. The minimum absolute atomic E-state index is 0.315. The van der Waals surface area contributed by atoms with Gasteiger partial charge < -0.3 is 9.47 Å². The smallest absolute Gasteiger partial charge is 0.334 e. The van der Waals surface area contributed by atoms with Crippen LogP contribution in [0, 0.1) is 0 Å². The van der Waals surface area contributed by atoms with E-state index in [4.69, 9.17) is 9.47 Å². The molecule has 3 rings (SSSR count). The molecule has 0 N–H and O–H groups in total. The third kappa shape index (κ3) is 1.43. The van der Waals surface area contributed by atoms with E-state index in [1.165, 1.54) is 0 Å². The van der Waals surface area contributed by atoms with Crippen LogP contribution in [0.5, 0.6) is 0 Å². The van der Waals surface area contributed by atoms with Crippen molar-refractivity contribution in [1.29, 1.82) is 0 Å². The molecule has 2 heterocycles. The first kappa shape index (κ1) is 10.6. The first-order valence-electron chi connectivity index (χ1n) is 5.76. The van der Waals surface area contributed by atoms with E-state index in [0.29, 0.717) is 30.4 Å². The molecule has 3 fully saturated rings. The Bertz CT molecular complexity index is 386. The van der Waals surface area contributed by atoms with Gasteiger partial charge >= 0.3 is 11.9 Å². The molecule has 2 aliphatic heterocycles. The Morgan fingerprint density at radius 1 is 0.882 bits per heavy atom. The van der Waals surface area contributed by atoms with Crippen molar-refractivity contribution in [2.45, 2.75) is 43.3 Å². The number of ether oxygens (including phenoxy) is 2. The van der Waals surface area contributed by atoms with Crippen molar-refractivity contribution in [1.82, 2.24) is 0 Å². The molecule has 4 heteroatoms. The lowest BCUT2D eigenvalue weighted by molar-refractivity contribution is -0.151. The molecule has 1 aliphatic carbocycles. The van der Waals surface area contributed by atoms with Crippen molar-refractivity contribution in [2.24, 2.45) is 0 Å². The number of hydrogen-bond donors (Lipinski definition) is 0. The number of carbonyl (C=O) groups is 2. The zero-order chi connectivity index (χ0) is 12.3. The summed E-state index contributed by atoms with van der Waals surface area (Å²) >= 11 is 0. The molecule has 90 valence electrons. The maximum atomic E-state index is 11.4. The highest BCUT2D eigenvalue weighted by atomic mass is 16.6. The molecule has 0 aromatic rings. The first-order chi connectivity index (χ1) is 7.94. The molecule has 3 aliphatic rings. The van der Waals surface area contributed by atoms with Crippen LogP contribution in [-0.2, 0) is 19.1 Å². The lowest BCUT2D eigenvalue weighted by Gasteiger charge is -2.25. The molecule has 1 saturated carbocycles. The van der Waals surface area contributed by atoms with Crippen molar-refractivity contribution >= 4 is 11.9 Å². The second kappa shape index (κ2) is 3.00. The van der Waals surface area contributed by atoms with Gasteiger partial charge in [-0.15, -0.1) is 0 Å². The number of carbonyl (C=O) groups excluding carboxylic acids is 2. The van der Waals surface area contributed by atoms with Gasteiger partial charge in [-0.2, -0.15) is 0 Å². The predicted octanol–water partition coefficient (Wildman–Crippen LogP) is 1.65. The molecule has 2 saturated heterocycles. The largest absolute Gasteiger partial charge is 0.455 e. The average Bonchev–Trinajstić information content (AvgIpc) is 2.78. The zero-order valence-electron chi connectivity index (χ0n) is 9.58. The number of hydrogen-bond acceptors (Lipinski definition) is 4. The highest BCUT2D eigenvalue weighted by Gasteiger charge is 2.58. The van der Waals surface area contributed by atoms with Gasteiger partial charge in [0, 0.05) is 30.4 Å². The Kier molecular flexibility index (Phi) is 1.86. The zero-order valence-corrected chi connectivity index (χ0v) is 9.58. The minimum Gasteiger partial charge on any atom is -0.455 e. The molecule has 0 bridgehead atoms. The minimum atomic E-state index is -0.487. The summed E-state index contributed by atoms with van der Waals surface area (Å²) in [5.41, 5.74) is 0.0633. The molecule has 0 aromatic carbocycles. The van der Waals surface area contributed by atoms with Crippen molar-refractivity contribution in [3.8, 4) is 0 Å². The molecule has 2 spiro atoms. The molecular weight excluding hydrogens is 220 g/mol. The summed E-state index contributed by atoms with van der Waals surface area (Å²) in [6.07, 6.45) is 3.15. The maximum absolute atomic E-state index is 11.4. The lowest BCUT2D eigenvalue weighted by Crippen LogP contribution is -2.31. The van der Waals surface area contributed by atoms with Crippen molar-refractivity contribution < 1.29 is 19.1 Å². The van der Waals surface area contributed by atoms with E-state index in [2.05, 4.69) is 13.2 Å². The number of esters is 2. The second-order valence-corrected chi connectivity index (χ2v) is 5.38. The Hall–Kier alpha value is -1.58. The second-order valence-electron chi connectivity index (χ2n) is 5.38. The highest BCUT2D eigenvalue weighted by molar-refractivity contribution is 5.91. The van der Waals surface area contributed by atoms with Crippen molar-refractivity contribution in [3.63, 3.8) is 0 Å². The summed E-state index contributed by atoms with van der Waals surface area (Å²) in [5, 5.41) is 0. The van der Waals surface area contributed by atoms with Crippen LogP contribution in [0.3, 0.4) is 0 Å². The number of rotatable bonds is 0. The van der Waals surface area contributed by atoms with E-state index in [1.54, 1.807) is 0 Å². The van der Waals surface area contributed by atoms with E-state index in [1.807, 2.05) is 0 Å². The molecule has 4 nitrogen and oxygen atoms in total. The fraction of sp³-hybridized carbons (Fsp3) is 0.538. The van der Waals surface area contributed by atoms with Gasteiger partial charge in [0.15, 0.2) is 0 Å². The van der Waals surface area contributed by atoms with Crippen LogP contribution < -0.4 is 0 Å². The molecular formula is C13H14O4. The first-order valence-corrected chi connectivity index (χ1v) is 5.76. The molecule has 0 radical (unpaired) electrons. The van der Waals surface area contributed by atoms with Gasteiger partial charge in [-0.05, 0) is 12.8 Å². The summed E-state index contributed by atoms with van der Waals surface area (Å²) < 4.78 is 10.8. The van der Waals surface area contributed by atoms with Crippen LogP contribution in [0.4, 0.5) is 0 Å². The topological polar surface area (TPSA) is 52.6 Å².